The second kappa shape index (κ2) is 5.89. The third-order valence-corrected chi connectivity index (χ3v) is 3.52. The third kappa shape index (κ3) is 3.07. The van der Waals surface area contributed by atoms with E-state index in [4.69, 9.17) is 16.7 Å². The van der Waals surface area contributed by atoms with Crippen LogP contribution < -0.4 is 5.32 Å². The van der Waals surface area contributed by atoms with Crippen molar-refractivity contribution in [3.05, 3.63) is 38.6 Å². The molecule has 0 bridgehead atoms. The fourth-order valence-electron chi connectivity index (χ4n) is 1.65. The minimum atomic E-state index is -0.464. The van der Waals surface area contributed by atoms with Crippen LogP contribution >= 0.6 is 34.2 Å². The van der Waals surface area contributed by atoms with Crippen LogP contribution in [0.2, 0.25) is 5.02 Å². The summed E-state index contributed by atoms with van der Waals surface area (Å²) in [6.07, 6.45) is 1.20. The Morgan fingerprint density at radius 3 is 2.74 bits per heavy atom. The van der Waals surface area contributed by atoms with Crippen molar-refractivity contribution in [2.75, 3.05) is 18.5 Å². The van der Waals surface area contributed by atoms with Gasteiger partial charge in [0.15, 0.2) is 0 Å². The smallest absolute Gasteiger partial charge is 0.277 e. The number of aliphatic hydroxyl groups is 1. The highest BCUT2D eigenvalue weighted by atomic mass is 127. The standard InChI is InChI=1S/C12H10ClIN2O3/c13-8-5-7(14)1-2-9(8)15-10-6-11(18)16(3-4-17)12(10)19/h1-2,5-6,15,17H,3-4H2. The minimum Gasteiger partial charge on any atom is -0.395 e. The van der Waals surface area contributed by atoms with E-state index < -0.39 is 11.8 Å². The lowest BCUT2D eigenvalue weighted by molar-refractivity contribution is -0.137. The van der Waals surface area contributed by atoms with Crippen LogP contribution in [0.25, 0.3) is 0 Å². The molecule has 0 saturated carbocycles. The molecule has 0 fully saturated rings. The Kier molecular flexibility index (Phi) is 4.43. The first-order chi connectivity index (χ1) is 9.02. The molecule has 0 saturated heterocycles. The van der Waals surface area contributed by atoms with Crippen LogP contribution in [-0.2, 0) is 9.59 Å². The predicted molar refractivity (Wildman–Crippen MR) is 79.7 cm³/mol. The van der Waals surface area contributed by atoms with Gasteiger partial charge in [-0.15, -0.1) is 0 Å². The first kappa shape index (κ1) is 14.3. The summed E-state index contributed by atoms with van der Waals surface area (Å²) in [7, 11) is 0. The van der Waals surface area contributed by atoms with Crippen LogP contribution in [0.5, 0.6) is 0 Å². The monoisotopic (exact) mass is 392 g/mol. The van der Waals surface area contributed by atoms with Gasteiger partial charge in [-0.05, 0) is 40.8 Å². The van der Waals surface area contributed by atoms with Crippen molar-refractivity contribution in [3.8, 4) is 0 Å². The van der Waals surface area contributed by atoms with Gasteiger partial charge in [-0.2, -0.15) is 0 Å². The Bertz CT molecular complexity index is 574. The molecule has 5 nitrogen and oxygen atoms in total. The van der Waals surface area contributed by atoms with Crippen molar-refractivity contribution in [3.63, 3.8) is 0 Å². The molecule has 0 spiro atoms. The van der Waals surface area contributed by atoms with E-state index in [0.29, 0.717) is 10.7 Å². The Balaban J connectivity index is 2.18. The maximum atomic E-state index is 11.9. The number of rotatable bonds is 4. The van der Waals surface area contributed by atoms with Crippen molar-refractivity contribution in [1.29, 1.82) is 0 Å². The van der Waals surface area contributed by atoms with Gasteiger partial charge in [-0.25, -0.2) is 0 Å². The number of carbonyl (C=O) groups excluding carboxylic acids is 2. The summed E-state index contributed by atoms with van der Waals surface area (Å²) < 4.78 is 0.970. The lowest BCUT2D eigenvalue weighted by Crippen LogP contribution is -2.34. The van der Waals surface area contributed by atoms with E-state index in [2.05, 4.69) is 27.9 Å². The molecule has 7 heteroatoms. The van der Waals surface area contributed by atoms with Crippen LogP contribution in [0, 0.1) is 3.57 Å². The molecule has 0 atom stereocenters. The number of hydrogen-bond acceptors (Lipinski definition) is 4. The Labute approximate surface area is 128 Å². The highest BCUT2D eigenvalue weighted by molar-refractivity contribution is 14.1. The molecular formula is C12H10ClIN2O3. The van der Waals surface area contributed by atoms with E-state index >= 15 is 0 Å². The van der Waals surface area contributed by atoms with Gasteiger partial charge < -0.3 is 10.4 Å². The summed E-state index contributed by atoms with van der Waals surface area (Å²) in [4.78, 5) is 24.4. The van der Waals surface area contributed by atoms with Gasteiger partial charge in [0.25, 0.3) is 11.8 Å². The van der Waals surface area contributed by atoms with Crippen LogP contribution in [0.4, 0.5) is 5.69 Å². The minimum absolute atomic E-state index is 0.0141. The molecule has 1 aromatic carbocycles. The number of amides is 2. The van der Waals surface area contributed by atoms with E-state index in [9.17, 15) is 9.59 Å². The summed E-state index contributed by atoms with van der Waals surface area (Å²) in [6, 6.07) is 5.32. The maximum Gasteiger partial charge on any atom is 0.277 e. The molecule has 2 rings (SSSR count). The topological polar surface area (TPSA) is 69.6 Å². The SMILES string of the molecule is O=C1C=C(Nc2ccc(I)cc2Cl)C(=O)N1CCO. The fraction of sp³-hybridized carbons (Fsp3) is 0.167. The highest BCUT2D eigenvalue weighted by Crippen LogP contribution is 2.26. The average Bonchev–Trinajstić information content (AvgIpc) is 2.61. The maximum absolute atomic E-state index is 11.9. The van der Waals surface area contributed by atoms with Crippen molar-refractivity contribution >= 4 is 51.7 Å². The molecule has 1 aliphatic rings. The quantitative estimate of drug-likeness (QED) is 0.603. The molecule has 0 unspecified atom stereocenters. The summed E-state index contributed by atoms with van der Waals surface area (Å²) >= 11 is 8.17. The molecular weight excluding hydrogens is 383 g/mol. The number of imide groups is 1. The Morgan fingerprint density at radius 2 is 2.11 bits per heavy atom. The molecule has 100 valence electrons. The van der Waals surface area contributed by atoms with Crippen molar-refractivity contribution in [2.24, 2.45) is 0 Å². The first-order valence-electron chi connectivity index (χ1n) is 5.43. The van der Waals surface area contributed by atoms with Gasteiger partial charge in [-0.1, -0.05) is 11.6 Å². The number of nitrogens with one attached hydrogen (secondary N) is 1. The summed E-state index contributed by atoms with van der Waals surface area (Å²) in [5.41, 5.74) is 0.710. The second-order valence-corrected chi connectivity index (χ2v) is 5.48. The van der Waals surface area contributed by atoms with Gasteiger partial charge in [0.2, 0.25) is 0 Å². The number of hydrogen-bond donors (Lipinski definition) is 2. The van der Waals surface area contributed by atoms with E-state index in [1.807, 2.05) is 6.07 Å². The van der Waals surface area contributed by atoms with E-state index in [1.165, 1.54) is 6.08 Å². The zero-order valence-electron chi connectivity index (χ0n) is 9.69. The molecule has 0 aliphatic carbocycles. The number of β-amino-alcohol motifs (C(OH)–C–C–N with tert-alkyl or cyclic N) is 1. The van der Waals surface area contributed by atoms with Crippen molar-refractivity contribution in [1.82, 2.24) is 4.90 Å². The van der Waals surface area contributed by atoms with Gasteiger partial charge in [0.05, 0.1) is 23.9 Å². The highest BCUT2D eigenvalue weighted by Gasteiger charge is 2.30. The molecule has 2 amide bonds. The number of benzene rings is 1. The number of carbonyl (C=O) groups is 2. The van der Waals surface area contributed by atoms with E-state index in [1.54, 1.807) is 12.1 Å². The van der Waals surface area contributed by atoms with Crippen LogP contribution in [-0.4, -0.2) is 35.0 Å². The van der Waals surface area contributed by atoms with Crippen molar-refractivity contribution in [2.45, 2.75) is 0 Å². The largest absolute Gasteiger partial charge is 0.395 e. The third-order valence-electron chi connectivity index (χ3n) is 2.53. The predicted octanol–water partition coefficient (Wildman–Crippen LogP) is 1.60. The molecule has 0 aromatic heterocycles. The number of aliphatic hydroxyl groups excluding tert-OH is 1. The van der Waals surface area contributed by atoms with Crippen LogP contribution in [0.15, 0.2) is 30.0 Å². The molecule has 1 aliphatic heterocycles. The first-order valence-corrected chi connectivity index (χ1v) is 6.89. The second-order valence-electron chi connectivity index (χ2n) is 3.83. The van der Waals surface area contributed by atoms with E-state index in [-0.39, 0.29) is 18.8 Å². The van der Waals surface area contributed by atoms with Crippen LogP contribution in [0.3, 0.4) is 0 Å². The summed E-state index contributed by atoms with van der Waals surface area (Å²) in [5, 5.41) is 12.1. The van der Waals surface area contributed by atoms with Gasteiger partial charge >= 0.3 is 0 Å². The van der Waals surface area contributed by atoms with Gasteiger partial charge in [0, 0.05) is 9.65 Å². The fourth-order valence-corrected chi connectivity index (χ4v) is 2.55. The lowest BCUT2D eigenvalue weighted by atomic mass is 10.3. The van der Waals surface area contributed by atoms with Crippen LogP contribution in [0.1, 0.15) is 0 Å². The normalized spacial score (nSPS) is 14.9. The molecule has 19 heavy (non-hydrogen) atoms. The molecule has 1 aromatic rings. The lowest BCUT2D eigenvalue weighted by Gasteiger charge is -2.13. The van der Waals surface area contributed by atoms with Crippen molar-refractivity contribution < 1.29 is 14.7 Å². The summed E-state index contributed by atoms with van der Waals surface area (Å²) in [6.45, 7) is -0.275. The van der Waals surface area contributed by atoms with E-state index in [0.717, 1.165) is 8.47 Å². The molecule has 1 heterocycles. The number of nitrogens with zero attached hydrogens (tertiary/aromatic N) is 1. The number of halogens is 2. The Hall–Kier alpha value is -1.12. The van der Waals surface area contributed by atoms with Gasteiger partial charge in [-0.3, -0.25) is 14.5 Å². The number of anilines is 1. The molecule has 2 N–H and O–H groups in total. The van der Waals surface area contributed by atoms with Gasteiger partial charge in [0.1, 0.15) is 5.70 Å². The molecule has 0 radical (unpaired) electrons. The average molecular weight is 393 g/mol. The summed E-state index contributed by atoms with van der Waals surface area (Å²) in [5.74, 6) is -0.906. The Morgan fingerprint density at radius 1 is 1.37 bits per heavy atom. The zero-order chi connectivity index (χ0) is 14.0. The zero-order valence-corrected chi connectivity index (χ0v) is 12.6.